The third-order valence-electron chi connectivity index (χ3n) is 6.52. The molecule has 4 heteroatoms. The largest absolute Gasteiger partial charge is 0.466 e. The molecular weight excluding hydrogens is 280 g/mol. The predicted octanol–water partition coefficient (Wildman–Crippen LogP) is 3.35. The summed E-state index contributed by atoms with van der Waals surface area (Å²) in [5, 5.41) is 9.14. The summed E-state index contributed by atoms with van der Waals surface area (Å²) >= 11 is 0. The van der Waals surface area contributed by atoms with Gasteiger partial charge >= 0.3 is 0 Å². The van der Waals surface area contributed by atoms with Crippen molar-refractivity contribution in [1.82, 2.24) is 0 Å². The van der Waals surface area contributed by atoms with Gasteiger partial charge in [0.1, 0.15) is 5.60 Å². The van der Waals surface area contributed by atoms with Crippen LogP contribution in [0.3, 0.4) is 0 Å². The van der Waals surface area contributed by atoms with Crippen LogP contribution in [0, 0.1) is 17.8 Å². The number of rotatable bonds is 3. The minimum atomic E-state index is -0.483. The molecule has 1 saturated carbocycles. The van der Waals surface area contributed by atoms with Crippen molar-refractivity contribution in [3.63, 3.8) is 0 Å². The summed E-state index contributed by atoms with van der Waals surface area (Å²) in [5.74, 6) is 2.15. The lowest BCUT2D eigenvalue weighted by Gasteiger charge is -2.55. The molecule has 1 N–H and O–H groups in total. The normalized spacial score (nSPS) is 49.8. The van der Waals surface area contributed by atoms with Crippen LogP contribution in [0.2, 0.25) is 0 Å². The van der Waals surface area contributed by atoms with Gasteiger partial charge in [0.05, 0.1) is 5.76 Å². The van der Waals surface area contributed by atoms with E-state index in [9.17, 15) is 0 Å². The van der Waals surface area contributed by atoms with Crippen molar-refractivity contribution < 1.29 is 19.3 Å². The first kappa shape index (κ1) is 15.0. The molecule has 0 aromatic rings. The third-order valence-corrected chi connectivity index (χ3v) is 6.52. The average Bonchev–Trinajstić information content (AvgIpc) is 2.70. The van der Waals surface area contributed by atoms with Gasteiger partial charge in [-0.2, -0.15) is 0 Å². The standard InChI is InChI=1S/C18H28O4/c1-11-6-7-14-12(2)15(5-4-10-19)20-16-18(14)13(11)8-9-17(3,21-16)22-18/h11,13-14,16,19H,4-10H2,1-3H3/t11-,13+,14+,16-,17+,18-/m1/s1. The minimum absolute atomic E-state index is 0.204. The molecule has 2 bridgehead atoms. The molecule has 0 amide bonds. The van der Waals surface area contributed by atoms with E-state index in [4.69, 9.17) is 19.3 Å². The van der Waals surface area contributed by atoms with Crippen molar-refractivity contribution in [3.05, 3.63) is 11.3 Å². The second-order valence-electron chi connectivity index (χ2n) is 7.84. The van der Waals surface area contributed by atoms with E-state index in [1.165, 1.54) is 18.4 Å². The molecule has 1 spiro atoms. The van der Waals surface area contributed by atoms with Gasteiger partial charge in [-0.05, 0) is 56.9 Å². The van der Waals surface area contributed by atoms with Crippen molar-refractivity contribution in [2.24, 2.45) is 17.8 Å². The van der Waals surface area contributed by atoms with Crippen molar-refractivity contribution in [2.45, 2.75) is 77.0 Å². The van der Waals surface area contributed by atoms with Crippen LogP contribution in [0.5, 0.6) is 0 Å². The van der Waals surface area contributed by atoms with Crippen molar-refractivity contribution >= 4 is 0 Å². The van der Waals surface area contributed by atoms with Crippen molar-refractivity contribution in [1.29, 1.82) is 0 Å². The molecule has 1 aliphatic carbocycles. The number of allylic oxidation sites excluding steroid dienone is 1. The van der Waals surface area contributed by atoms with E-state index in [1.807, 2.05) is 0 Å². The minimum Gasteiger partial charge on any atom is -0.466 e. The van der Waals surface area contributed by atoms with Gasteiger partial charge < -0.3 is 19.3 Å². The maximum Gasteiger partial charge on any atom is 0.232 e. The number of aliphatic hydroxyl groups is 1. The lowest BCUT2D eigenvalue weighted by molar-refractivity contribution is -0.243. The molecule has 0 aromatic heterocycles. The van der Waals surface area contributed by atoms with Gasteiger partial charge in [-0.3, -0.25) is 0 Å². The van der Waals surface area contributed by atoms with Crippen molar-refractivity contribution in [3.8, 4) is 0 Å². The number of hydrogen-bond donors (Lipinski definition) is 1. The van der Waals surface area contributed by atoms with Gasteiger partial charge in [0, 0.05) is 25.4 Å². The van der Waals surface area contributed by atoms with Crippen LogP contribution in [0.4, 0.5) is 0 Å². The van der Waals surface area contributed by atoms with Crippen LogP contribution in [0.15, 0.2) is 11.3 Å². The zero-order valence-electron chi connectivity index (χ0n) is 13.9. The molecule has 3 aliphatic heterocycles. The second-order valence-corrected chi connectivity index (χ2v) is 7.84. The zero-order chi connectivity index (χ0) is 15.5. The zero-order valence-corrected chi connectivity index (χ0v) is 13.9. The summed E-state index contributed by atoms with van der Waals surface area (Å²) in [6.07, 6.45) is 5.83. The maximum atomic E-state index is 9.14. The fourth-order valence-corrected chi connectivity index (χ4v) is 5.43. The topological polar surface area (TPSA) is 47.9 Å². The smallest absolute Gasteiger partial charge is 0.232 e. The predicted molar refractivity (Wildman–Crippen MR) is 81.8 cm³/mol. The Labute approximate surface area is 132 Å². The van der Waals surface area contributed by atoms with E-state index in [-0.39, 0.29) is 18.5 Å². The van der Waals surface area contributed by atoms with Crippen LogP contribution < -0.4 is 0 Å². The molecule has 3 fully saturated rings. The van der Waals surface area contributed by atoms with Gasteiger partial charge in [-0.15, -0.1) is 0 Å². The Hall–Kier alpha value is -0.580. The van der Waals surface area contributed by atoms with Crippen LogP contribution in [0.1, 0.15) is 59.3 Å². The van der Waals surface area contributed by atoms with Crippen molar-refractivity contribution in [2.75, 3.05) is 6.61 Å². The molecule has 0 aromatic carbocycles. The number of hydrogen-bond acceptors (Lipinski definition) is 4. The fourth-order valence-electron chi connectivity index (χ4n) is 5.43. The first-order valence-corrected chi connectivity index (χ1v) is 8.85. The molecule has 4 rings (SSSR count). The highest BCUT2D eigenvalue weighted by Crippen LogP contribution is 2.63. The molecule has 0 radical (unpaired) electrons. The summed E-state index contributed by atoms with van der Waals surface area (Å²) < 4.78 is 19.2. The molecule has 22 heavy (non-hydrogen) atoms. The lowest BCUT2D eigenvalue weighted by atomic mass is 9.58. The average molecular weight is 308 g/mol. The van der Waals surface area contributed by atoms with E-state index >= 15 is 0 Å². The van der Waals surface area contributed by atoms with Crippen LogP contribution >= 0.6 is 0 Å². The van der Waals surface area contributed by atoms with E-state index in [1.54, 1.807) is 0 Å². The van der Waals surface area contributed by atoms with Gasteiger partial charge in [-0.25, -0.2) is 0 Å². The monoisotopic (exact) mass is 308 g/mol. The highest BCUT2D eigenvalue weighted by Gasteiger charge is 2.70. The van der Waals surface area contributed by atoms with Crippen LogP contribution in [-0.4, -0.2) is 29.4 Å². The molecule has 124 valence electrons. The van der Waals surface area contributed by atoms with Gasteiger partial charge in [0.25, 0.3) is 0 Å². The highest BCUT2D eigenvalue weighted by atomic mass is 16.8. The summed E-state index contributed by atoms with van der Waals surface area (Å²) in [5.41, 5.74) is 1.05. The molecule has 6 atom stereocenters. The Morgan fingerprint density at radius 1 is 1.27 bits per heavy atom. The maximum absolute atomic E-state index is 9.14. The first-order chi connectivity index (χ1) is 10.5. The van der Waals surface area contributed by atoms with E-state index in [2.05, 4.69) is 20.8 Å². The quantitative estimate of drug-likeness (QED) is 0.868. The van der Waals surface area contributed by atoms with Gasteiger partial charge in [0.15, 0.2) is 5.79 Å². The molecule has 4 aliphatic rings. The summed E-state index contributed by atoms with van der Waals surface area (Å²) in [4.78, 5) is 0. The van der Waals surface area contributed by atoms with Crippen LogP contribution in [-0.2, 0) is 14.2 Å². The number of fused-ring (bicyclic) bond motifs is 1. The van der Waals surface area contributed by atoms with E-state index in [0.717, 1.165) is 31.4 Å². The second kappa shape index (κ2) is 4.96. The first-order valence-electron chi connectivity index (χ1n) is 8.85. The molecule has 2 saturated heterocycles. The Morgan fingerprint density at radius 3 is 2.86 bits per heavy atom. The van der Waals surface area contributed by atoms with E-state index < -0.39 is 5.79 Å². The van der Waals surface area contributed by atoms with Crippen LogP contribution in [0.25, 0.3) is 0 Å². The van der Waals surface area contributed by atoms with E-state index in [0.29, 0.717) is 17.8 Å². The molecule has 3 heterocycles. The van der Waals surface area contributed by atoms with Gasteiger partial charge in [0.2, 0.25) is 6.29 Å². The third kappa shape index (κ3) is 1.87. The SMILES string of the molecule is CC1=C(CCCO)O[C@@H]2O[C@]3(C)CC[C@H]4[C@H](C)CC[C@@H]1[C@@]24O3. The van der Waals surface area contributed by atoms with Gasteiger partial charge in [-0.1, -0.05) is 6.92 Å². The summed E-state index contributed by atoms with van der Waals surface area (Å²) in [6, 6.07) is 0. The lowest BCUT2D eigenvalue weighted by Crippen LogP contribution is -2.61. The fraction of sp³-hybridized carbons (Fsp3) is 0.889. The summed E-state index contributed by atoms with van der Waals surface area (Å²) in [6.45, 7) is 6.83. The number of aliphatic hydroxyl groups excluding tert-OH is 1. The Kier molecular flexibility index (Phi) is 3.37. The molecular formula is C18H28O4. The Morgan fingerprint density at radius 2 is 2.09 bits per heavy atom. The molecule has 0 unspecified atom stereocenters. The molecule has 4 nitrogen and oxygen atoms in total. The summed E-state index contributed by atoms with van der Waals surface area (Å²) in [7, 11) is 0. The Bertz CT molecular complexity index is 501. The Balaban J connectivity index is 1.75. The number of ether oxygens (including phenoxy) is 3. The highest BCUT2D eigenvalue weighted by molar-refractivity contribution is 5.25.